The number of ether oxygens (including phenoxy) is 2. The van der Waals surface area contributed by atoms with E-state index in [9.17, 15) is 4.79 Å². The van der Waals surface area contributed by atoms with E-state index in [1.807, 2.05) is 12.1 Å². The van der Waals surface area contributed by atoms with Crippen LogP contribution in [0.25, 0.3) is 5.69 Å². The first-order chi connectivity index (χ1) is 11.3. The molecule has 2 aliphatic rings. The number of hydrogen-bond acceptors (Lipinski definition) is 6. The van der Waals surface area contributed by atoms with Crippen LogP contribution in [0.3, 0.4) is 0 Å². The Hall–Kier alpha value is -2.48. The van der Waals surface area contributed by atoms with E-state index in [4.69, 9.17) is 9.47 Å². The van der Waals surface area contributed by atoms with Crippen LogP contribution in [0.4, 0.5) is 0 Å². The highest BCUT2D eigenvalue weighted by atomic mass is 16.5. The number of nitrogens with one attached hydrogen (secondary N) is 1. The van der Waals surface area contributed by atoms with Crippen LogP contribution in [0.5, 0.6) is 5.75 Å². The van der Waals surface area contributed by atoms with Crippen LogP contribution < -0.4 is 10.1 Å². The SMILES string of the molecule is O=C(COc1ccc(-n2cnnn2)cc1)N[C@H]1C[C@@H]2OCC[C@H]12. The zero-order valence-corrected chi connectivity index (χ0v) is 12.5. The number of carbonyl (C=O) groups is 1. The molecule has 4 rings (SSSR count). The van der Waals surface area contributed by atoms with Crippen molar-refractivity contribution in [2.24, 2.45) is 5.92 Å². The van der Waals surface area contributed by atoms with Gasteiger partial charge in [-0.25, -0.2) is 4.68 Å². The van der Waals surface area contributed by atoms with Gasteiger partial charge in [-0.3, -0.25) is 4.79 Å². The molecule has 1 amide bonds. The van der Waals surface area contributed by atoms with Gasteiger partial charge in [-0.1, -0.05) is 0 Å². The van der Waals surface area contributed by atoms with Crippen molar-refractivity contribution in [2.45, 2.75) is 25.0 Å². The molecule has 8 nitrogen and oxygen atoms in total. The molecule has 1 aromatic heterocycles. The minimum atomic E-state index is -0.0927. The summed E-state index contributed by atoms with van der Waals surface area (Å²) in [4.78, 5) is 12.0. The Morgan fingerprint density at radius 3 is 3.00 bits per heavy atom. The van der Waals surface area contributed by atoms with Gasteiger partial charge < -0.3 is 14.8 Å². The molecular formula is C15H17N5O3. The van der Waals surface area contributed by atoms with Crippen molar-refractivity contribution in [1.29, 1.82) is 0 Å². The van der Waals surface area contributed by atoms with E-state index >= 15 is 0 Å². The van der Waals surface area contributed by atoms with E-state index in [2.05, 4.69) is 20.8 Å². The van der Waals surface area contributed by atoms with E-state index in [-0.39, 0.29) is 18.6 Å². The number of carbonyl (C=O) groups excluding carboxylic acids is 1. The fraction of sp³-hybridized carbons (Fsp3) is 0.467. The van der Waals surface area contributed by atoms with E-state index in [1.54, 1.807) is 16.8 Å². The second kappa shape index (κ2) is 5.96. The number of fused-ring (bicyclic) bond motifs is 1. The molecular weight excluding hydrogens is 298 g/mol. The highest BCUT2D eigenvalue weighted by Crippen LogP contribution is 2.38. The van der Waals surface area contributed by atoms with E-state index in [0.29, 0.717) is 17.8 Å². The van der Waals surface area contributed by atoms with Crippen LogP contribution in [0.2, 0.25) is 0 Å². The summed E-state index contributed by atoms with van der Waals surface area (Å²) >= 11 is 0. The van der Waals surface area contributed by atoms with Crippen molar-refractivity contribution in [2.75, 3.05) is 13.2 Å². The predicted octanol–water partition coefficient (Wildman–Crippen LogP) is 0.335. The van der Waals surface area contributed by atoms with Gasteiger partial charge in [-0.05, 0) is 47.5 Å². The maximum atomic E-state index is 12.0. The van der Waals surface area contributed by atoms with Crippen molar-refractivity contribution < 1.29 is 14.3 Å². The van der Waals surface area contributed by atoms with Gasteiger partial charge in [0.2, 0.25) is 0 Å². The molecule has 0 radical (unpaired) electrons. The highest BCUT2D eigenvalue weighted by Gasteiger charge is 2.45. The van der Waals surface area contributed by atoms with Gasteiger partial charge in [0.1, 0.15) is 12.1 Å². The average Bonchev–Trinajstić information content (AvgIpc) is 3.21. The summed E-state index contributed by atoms with van der Waals surface area (Å²) in [7, 11) is 0. The maximum absolute atomic E-state index is 12.0. The number of nitrogens with zero attached hydrogens (tertiary/aromatic N) is 4. The molecule has 1 N–H and O–H groups in total. The van der Waals surface area contributed by atoms with Gasteiger partial charge in [-0.15, -0.1) is 5.10 Å². The third-order valence-electron chi connectivity index (χ3n) is 4.43. The highest BCUT2D eigenvalue weighted by molar-refractivity contribution is 5.78. The van der Waals surface area contributed by atoms with Gasteiger partial charge in [0, 0.05) is 18.6 Å². The van der Waals surface area contributed by atoms with E-state index in [1.165, 1.54) is 6.33 Å². The zero-order chi connectivity index (χ0) is 15.6. The van der Waals surface area contributed by atoms with Gasteiger partial charge in [0.25, 0.3) is 5.91 Å². The summed E-state index contributed by atoms with van der Waals surface area (Å²) in [6.07, 6.45) is 3.81. The Labute approximate surface area is 132 Å². The first-order valence-electron chi connectivity index (χ1n) is 7.67. The molecule has 3 atom stereocenters. The topological polar surface area (TPSA) is 91.2 Å². The van der Waals surface area contributed by atoms with Crippen molar-refractivity contribution in [3.8, 4) is 11.4 Å². The first-order valence-corrected chi connectivity index (χ1v) is 7.67. The summed E-state index contributed by atoms with van der Waals surface area (Å²) in [6.45, 7) is 0.824. The lowest BCUT2D eigenvalue weighted by Gasteiger charge is -2.39. The fourth-order valence-corrected chi connectivity index (χ4v) is 3.14. The van der Waals surface area contributed by atoms with Gasteiger partial charge >= 0.3 is 0 Å². The largest absolute Gasteiger partial charge is 0.484 e. The molecule has 0 unspecified atom stereocenters. The second-order valence-electron chi connectivity index (χ2n) is 5.81. The fourth-order valence-electron chi connectivity index (χ4n) is 3.14. The van der Waals surface area contributed by atoms with Gasteiger partial charge in [0.15, 0.2) is 6.61 Å². The molecule has 1 saturated heterocycles. The molecule has 8 heteroatoms. The normalized spacial score (nSPS) is 25.5. The van der Waals surface area contributed by atoms with Crippen LogP contribution in [0, 0.1) is 5.92 Å². The summed E-state index contributed by atoms with van der Waals surface area (Å²) in [5, 5.41) is 14.0. The predicted molar refractivity (Wildman–Crippen MR) is 79.0 cm³/mol. The van der Waals surface area contributed by atoms with Crippen LogP contribution in [-0.2, 0) is 9.53 Å². The molecule has 2 aromatic rings. The monoisotopic (exact) mass is 315 g/mol. The molecule has 120 valence electrons. The van der Waals surface area contributed by atoms with Crippen molar-refractivity contribution in [3.63, 3.8) is 0 Å². The van der Waals surface area contributed by atoms with E-state index < -0.39 is 0 Å². The molecule has 1 aliphatic carbocycles. The molecule has 2 fully saturated rings. The second-order valence-corrected chi connectivity index (χ2v) is 5.81. The van der Waals surface area contributed by atoms with Crippen molar-refractivity contribution >= 4 is 5.91 Å². The van der Waals surface area contributed by atoms with Crippen molar-refractivity contribution in [1.82, 2.24) is 25.5 Å². The number of aromatic nitrogens is 4. The molecule has 0 bridgehead atoms. The Kier molecular flexibility index (Phi) is 3.66. The van der Waals surface area contributed by atoms with Crippen molar-refractivity contribution in [3.05, 3.63) is 30.6 Å². The first kappa shape index (κ1) is 14.1. The van der Waals surface area contributed by atoms with Crippen LogP contribution in [0.15, 0.2) is 30.6 Å². The molecule has 1 aromatic carbocycles. The number of benzene rings is 1. The molecule has 2 heterocycles. The summed E-state index contributed by atoms with van der Waals surface area (Å²) in [6, 6.07) is 7.47. The number of hydrogen-bond donors (Lipinski definition) is 1. The smallest absolute Gasteiger partial charge is 0.258 e. The summed E-state index contributed by atoms with van der Waals surface area (Å²) in [5.41, 5.74) is 0.827. The molecule has 0 spiro atoms. The Balaban J connectivity index is 1.26. The minimum Gasteiger partial charge on any atom is -0.484 e. The van der Waals surface area contributed by atoms with Crippen LogP contribution >= 0.6 is 0 Å². The number of amides is 1. The summed E-state index contributed by atoms with van der Waals surface area (Å²) < 4.78 is 12.6. The van der Waals surface area contributed by atoms with E-state index in [0.717, 1.165) is 25.1 Å². The standard InChI is InChI=1S/C15H17N5O3/c21-15(17-13-7-14-12(13)5-6-22-14)8-23-11-3-1-10(2-4-11)20-9-16-18-19-20/h1-4,9,12-14H,5-8H2,(H,17,21)/t12-,13+,14+/m1/s1. The van der Waals surface area contributed by atoms with Crippen LogP contribution in [-0.4, -0.2) is 51.5 Å². The Morgan fingerprint density at radius 2 is 2.26 bits per heavy atom. The van der Waals surface area contributed by atoms with Gasteiger partial charge in [0.05, 0.1) is 11.8 Å². The summed E-state index contributed by atoms with van der Waals surface area (Å²) in [5.74, 6) is 1.02. The third kappa shape index (κ3) is 2.89. The molecule has 23 heavy (non-hydrogen) atoms. The molecule has 1 saturated carbocycles. The minimum absolute atomic E-state index is 0.0129. The number of rotatable bonds is 5. The average molecular weight is 315 g/mol. The lowest BCUT2D eigenvalue weighted by Crippen LogP contribution is -2.54. The zero-order valence-electron chi connectivity index (χ0n) is 12.5. The Bertz CT molecular complexity index is 673. The quantitative estimate of drug-likeness (QED) is 0.855. The number of tetrazole rings is 1. The van der Waals surface area contributed by atoms with Gasteiger partial charge in [-0.2, -0.15) is 0 Å². The maximum Gasteiger partial charge on any atom is 0.258 e. The third-order valence-corrected chi connectivity index (χ3v) is 4.43. The Morgan fingerprint density at radius 1 is 1.39 bits per heavy atom. The van der Waals surface area contributed by atoms with Crippen LogP contribution in [0.1, 0.15) is 12.8 Å². The lowest BCUT2D eigenvalue weighted by atomic mass is 9.76. The lowest BCUT2D eigenvalue weighted by molar-refractivity contribution is -0.126. The molecule has 1 aliphatic heterocycles.